The zero-order chi connectivity index (χ0) is 21.4. The second-order valence-electron chi connectivity index (χ2n) is 6.50. The maximum absolute atomic E-state index is 12.2. The van der Waals surface area contributed by atoms with Gasteiger partial charge in [0.2, 0.25) is 5.91 Å². The van der Waals surface area contributed by atoms with Gasteiger partial charge in [-0.2, -0.15) is 0 Å². The van der Waals surface area contributed by atoms with Crippen LogP contribution in [-0.4, -0.2) is 40.1 Å². The van der Waals surface area contributed by atoms with Crippen molar-refractivity contribution >= 4 is 17.8 Å². The van der Waals surface area contributed by atoms with E-state index in [1.54, 1.807) is 42.5 Å². The Labute approximate surface area is 168 Å². The molecule has 2 aromatic carbocycles. The van der Waals surface area contributed by atoms with Crippen LogP contribution in [0.1, 0.15) is 11.1 Å². The summed E-state index contributed by atoms with van der Waals surface area (Å²) < 4.78 is 0. The second kappa shape index (κ2) is 10.0. The molecule has 0 bridgehead atoms. The maximum atomic E-state index is 12.2. The highest BCUT2D eigenvalue weighted by Gasteiger charge is 2.23. The number of hydrogen-bond donors (Lipinski definition) is 5. The van der Waals surface area contributed by atoms with E-state index in [4.69, 9.17) is 5.73 Å². The number of nitrogens with two attached hydrogens (primary N) is 1. The predicted octanol–water partition coefficient (Wildman–Crippen LogP) is 0.704. The summed E-state index contributed by atoms with van der Waals surface area (Å²) in [6, 6.07) is 12.9. The molecule has 2 atom stereocenters. The Morgan fingerprint density at radius 3 is 2.14 bits per heavy atom. The van der Waals surface area contributed by atoms with Gasteiger partial charge in [-0.05, 0) is 29.7 Å². The van der Waals surface area contributed by atoms with Crippen LogP contribution in [-0.2, 0) is 27.2 Å². The number of carbonyl (C=O) groups is 3. The predicted molar refractivity (Wildman–Crippen MR) is 107 cm³/mol. The fourth-order valence-corrected chi connectivity index (χ4v) is 2.57. The molecule has 0 aliphatic rings. The van der Waals surface area contributed by atoms with Gasteiger partial charge in [0.15, 0.2) is 0 Å². The van der Waals surface area contributed by atoms with Crippen LogP contribution in [0.15, 0.2) is 66.9 Å². The highest BCUT2D eigenvalue weighted by Crippen LogP contribution is 2.11. The molecular weight excluding hydrogens is 374 g/mol. The van der Waals surface area contributed by atoms with Crippen molar-refractivity contribution in [2.45, 2.75) is 24.9 Å². The highest BCUT2D eigenvalue weighted by atomic mass is 16.4. The van der Waals surface area contributed by atoms with E-state index in [0.717, 1.165) is 11.1 Å². The Hall–Kier alpha value is -3.65. The quantitative estimate of drug-likeness (QED) is 0.395. The Kier molecular flexibility index (Phi) is 7.50. The summed E-state index contributed by atoms with van der Waals surface area (Å²) in [5, 5.41) is 23.3. The lowest BCUT2D eigenvalue weighted by Gasteiger charge is -2.17. The van der Waals surface area contributed by atoms with Crippen LogP contribution in [0.25, 0.3) is 0 Å². The number of hydrogen-bond acceptors (Lipinski definition) is 5. The van der Waals surface area contributed by atoms with Crippen molar-refractivity contribution in [1.82, 2.24) is 10.6 Å². The van der Waals surface area contributed by atoms with Gasteiger partial charge >= 0.3 is 5.97 Å². The average Bonchev–Trinajstić information content (AvgIpc) is 2.69. The minimum Gasteiger partial charge on any atom is -0.508 e. The summed E-state index contributed by atoms with van der Waals surface area (Å²) in [5.41, 5.74) is 7.02. The van der Waals surface area contributed by atoms with Crippen molar-refractivity contribution < 1.29 is 24.6 Å². The first kappa shape index (κ1) is 21.6. The zero-order valence-corrected chi connectivity index (χ0v) is 15.7. The molecule has 0 aliphatic heterocycles. The van der Waals surface area contributed by atoms with Gasteiger partial charge < -0.3 is 26.6 Å². The van der Waals surface area contributed by atoms with E-state index in [0.29, 0.717) is 0 Å². The van der Waals surface area contributed by atoms with Gasteiger partial charge in [0, 0.05) is 6.42 Å². The van der Waals surface area contributed by atoms with Crippen LogP contribution in [0.4, 0.5) is 0 Å². The molecule has 0 heterocycles. The number of nitrogens with one attached hydrogen (secondary N) is 2. The van der Waals surface area contributed by atoms with E-state index in [1.165, 1.54) is 12.1 Å². The van der Waals surface area contributed by atoms with Crippen LogP contribution < -0.4 is 16.4 Å². The Balaban J connectivity index is 1.90. The fraction of sp³-hybridized carbons (Fsp3) is 0.190. The molecule has 2 amide bonds. The summed E-state index contributed by atoms with van der Waals surface area (Å²) in [4.78, 5) is 35.9. The third kappa shape index (κ3) is 6.78. The van der Waals surface area contributed by atoms with Crippen molar-refractivity contribution in [3.8, 4) is 5.75 Å². The number of amides is 2. The number of carboxylic acids is 1. The molecule has 0 saturated carbocycles. The molecule has 0 aromatic heterocycles. The van der Waals surface area contributed by atoms with Crippen molar-refractivity contribution in [3.63, 3.8) is 0 Å². The highest BCUT2D eigenvalue weighted by molar-refractivity contribution is 5.99. The van der Waals surface area contributed by atoms with E-state index >= 15 is 0 Å². The van der Waals surface area contributed by atoms with Crippen LogP contribution >= 0.6 is 0 Å². The first-order valence-corrected chi connectivity index (χ1v) is 8.87. The molecule has 0 unspecified atom stereocenters. The molecule has 29 heavy (non-hydrogen) atoms. The van der Waals surface area contributed by atoms with Gasteiger partial charge in [-0.1, -0.05) is 49.0 Å². The molecule has 2 rings (SSSR count). The number of phenolic OH excluding ortho intramolecular Hbond substituents is 1. The van der Waals surface area contributed by atoms with Gasteiger partial charge in [0.1, 0.15) is 11.8 Å². The van der Waals surface area contributed by atoms with E-state index in [2.05, 4.69) is 17.2 Å². The monoisotopic (exact) mass is 397 g/mol. The number of aromatic hydroxyl groups is 1. The van der Waals surface area contributed by atoms with Gasteiger partial charge in [0.05, 0.1) is 11.7 Å². The van der Waals surface area contributed by atoms with Gasteiger partial charge in [-0.15, -0.1) is 0 Å². The van der Waals surface area contributed by atoms with Crippen molar-refractivity contribution in [2.24, 2.45) is 5.73 Å². The average molecular weight is 397 g/mol. The van der Waals surface area contributed by atoms with E-state index in [-0.39, 0.29) is 24.3 Å². The number of phenols is 1. The fourth-order valence-electron chi connectivity index (χ4n) is 2.57. The number of aliphatic carboxylic acids is 1. The molecule has 0 saturated heterocycles. The Bertz CT molecular complexity index is 881. The minimum absolute atomic E-state index is 0.0868. The van der Waals surface area contributed by atoms with E-state index in [9.17, 15) is 24.6 Å². The normalized spacial score (nSPS) is 12.4. The smallest absolute Gasteiger partial charge is 0.326 e. The lowest BCUT2D eigenvalue weighted by Crippen LogP contribution is -2.48. The third-order valence-electron chi connectivity index (χ3n) is 4.16. The molecule has 0 fully saturated rings. The van der Waals surface area contributed by atoms with Crippen molar-refractivity contribution in [2.75, 3.05) is 0 Å². The SMILES string of the molecule is C=C(NC(=O)[C@@H](N)Cc1ccc(O)cc1)C(=O)N[C@@H](Cc1ccccc1)C(=O)O. The van der Waals surface area contributed by atoms with E-state index in [1.807, 2.05) is 0 Å². The summed E-state index contributed by atoms with van der Waals surface area (Å²) in [6.07, 6.45) is 0.274. The van der Waals surface area contributed by atoms with Gasteiger partial charge in [-0.3, -0.25) is 9.59 Å². The second-order valence-corrected chi connectivity index (χ2v) is 6.50. The molecule has 152 valence electrons. The first-order valence-electron chi connectivity index (χ1n) is 8.87. The lowest BCUT2D eigenvalue weighted by atomic mass is 10.1. The molecular formula is C21H23N3O5. The Morgan fingerprint density at radius 2 is 1.55 bits per heavy atom. The maximum Gasteiger partial charge on any atom is 0.326 e. The Morgan fingerprint density at radius 1 is 0.966 bits per heavy atom. The first-order chi connectivity index (χ1) is 13.8. The molecule has 0 aliphatic carbocycles. The van der Waals surface area contributed by atoms with Gasteiger partial charge in [-0.25, -0.2) is 4.79 Å². The molecule has 8 heteroatoms. The molecule has 2 aromatic rings. The van der Waals surface area contributed by atoms with Gasteiger partial charge in [0.25, 0.3) is 5.91 Å². The van der Waals surface area contributed by atoms with Crippen LogP contribution in [0.3, 0.4) is 0 Å². The van der Waals surface area contributed by atoms with Crippen molar-refractivity contribution in [3.05, 3.63) is 78.0 Å². The zero-order valence-electron chi connectivity index (χ0n) is 15.7. The van der Waals surface area contributed by atoms with Crippen LogP contribution in [0.2, 0.25) is 0 Å². The number of carbonyl (C=O) groups excluding carboxylic acids is 2. The number of carboxylic acid groups (broad SMARTS) is 1. The minimum atomic E-state index is -1.20. The number of benzene rings is 2. The lowest BCUT2D eigenvalue weighted by molar-refractivity contribution is -0.141. The number of rotatable bonds is 9. The summed E-state index contributed by atoms with van der Waals surface area (Å²) >= 11 is 0. The third-order valence-corrected chi connectivity index (χ3v) is 4.16. The summed E-state index contributed by atoms with van der Waals surface area (Å²) in [6.45, 7) is 3.49. The summed E-state index contributed by atoms with van der Waals surface area (Å²) in [5.74, 6) is -2.54. The van der Waals surface area contributed by atoms with E-state index < -0.39 is 29.9 Å². The standard InChI is InChI=1S/C21H23N3O5/c1-13(23-20(27)17(22)11-15-7-9-16(25)10-8-15)19(26)24-18(21(28)29)12-14-5-3-2-4-6-14/h2-10,17-18,25H,1,11-12,22H2,(H,23,27)(H,24,26)(H,28,29)/t17-,18-/m0/s1. The molecule has 0 radical (unpaired) electrons. The van der Waals surface area contributed by atoms with Crippen LogP contribution in [0.5, 0.6) is 5.75 Å². The molecule has 0 spiro atoms. The topological polar surface area (TPSA) is 142 Å². The van der Waals surface area contributed by atoms with Crippen molar-refractivity contribution in [1.29, 1.82) is 0 Å². The summed E-state index contributed by atoms with van der Waals surface area (Å²) in [7, 11) is 0. The largest absolute Gasteiger partial charge is 0.508 e. The molecule has 8 nitrogen and oxygen atoms in total. The van der Waals surface area contributed by atoms with Crippen LogP contribution in [0, 0.1) is 0 Å². The molecule has 6 N–H and O–H groups in total.